The molecule has 0 amide bonds. The van der Waals surface area contributed by atoms with Gasteiger partial charge in [-0.2, -0.15) is 9.65 Å². The standard InChI is InChI=1S/C13H8F2N2/c14-10-3-1-9(2-4-10)12-6-5-11(7-8-16)17-13(12)15/h1-6H,7H2. The SMILES string of the molecule is N#CCc1ccc(-c2ccc(F)cc2)c(F)n1. The molecule has 0 bridgehead atoms. The second-order valence-electron chi connectivity index (χ2n) is 3.48. The minimum atomic E-state index is -0.649. The number of rotatable bonds is 2. The minimum absolute atomic E-state index is 0.0701. The molecule has 84 valence electrons. The lowest BCUT2D eigenvalue weighted by Crippen LogP contribution is -1.94. The van der Waals surface area contributed by atoms with E-state index < -0.39 is 5.95 Å². The molecule has 1 aromatic heterocycles. The lowest BCUT2D eigenvalue weighted by atomic mass is 10.1. The fourth-order valence-corrected chi connectivity index (χ4v) is 1.50. The van der Waals surface area contributed by atoms with Gasteiger partial charge in [-0.25, -0.2) is 9.37 Å². The Morgan fingerprint density at radius 3 is 2.35 bits per heavy atom. The van der Waals surface area contributed by atoms with E-state index in [9.17, 15) is 8.78 Å². The van der Waals surface area contributed by atoms with Gasteiger partial charge in [-0.05, 0) is 29.8 Å². The summed E-state index contributed by atoms with van der Waals surface area (Å²) in [6, 6.07) is 10.5. The summed E-state index contributed by atoms with van der Waals surface area (Å²) in [5.41, 5.74) is 1.24. The molecule has 0 aliphatic rings. The molecular weight excluding hydrogens is 222 g/mol. The van der Waals surface area contributed by atoms with Crippen LogP contribution < -0.4 is 0 Å². The van der Waals surface area contributed by atoms with Crippen LogP contribution >= 0.6 is 0 Å². The van der Waals surface area contributed by atoms with Gasteiger partial charge in [-0.15, -0.1) is 0 Å². The lowest BCUT2D eigenvalue weighted by molar-refractivity contribution is 0.582. The van der Waals surface area contributed by atoms with E-state index in [1.54, 1.807) is 12.1 Å². The number of aromatic nitrogens is 1. The summed E-state index contributed by atoms with van der Waals surface area (Å²) in [7, 11) is 0. The van der Waals surface area contributed by atoms with Gasteiger partial charge >= 0.3 is 0 Å². The highest BCUT2D eigenvalue weighted by molar-refractivity contribution is 5.63. The van der Waals surface area contributed by atoms with Crippen LogP contribution in [0.4, 0.5) is 8.78 Å². The van der Waals surface area contributed by atoms with E-state index in [2.05, 4.69) is 4.98 Å². The van der Waals surface area contributed by atoms with E-state index in [0.29, 0.717) is 16.8 Å². The van der Waals surface area contributed by atoms with E-state index in [1.165, 1.54) is 24.3 Å². The Kier molecular flexibility index (Phi) is 3.10. The van der Waals surface area contributed by atoms with Crippen LogP contribution in [0.15, 0.2) is 36.4 Å². The van der Waals surface area contributed by atoms with Crippen LogP contribution in [-0.2, 0) is 6.42 Å². The summed E-state index contributed by atoms with van der Waals surface area (Å²) >= 11 is 0. The molecule has 0 fully saturated rings. The Bertz CT molecular complexity index is 571. The largest absolute Gasteiger partial charge is 0.223 e. The summed E-state index contributed by atoms with van der Waals surface area (Å²) in [6.07, 6.45) is 0.0701. The van der Waals surface area contributed by atoms with Crippen molar-refractivity contribution in [3.63, 3.8) is 0 Å². The highest BCUT2D eigenvalue weighted by Gasteiger charge is 2.07. The summed E-state index contributed by atoms with van der Waals surface area (Å²) in [5.74, 6) is -1.02. The maximum atomic E-state index is 13.6. The molecule has 0 saturated carbocycles. The number of nitrogens with zero attached hydrogens (tertiary/aromatic N) is 2. The molecule has 0 saturated heterocycles. The Morgan fingerprint density at radius 2 is 1.76 bits per heavy atom. The van der Waals surface area contributed by atoms with Crippen molar-refractivity contribution in [3.05, 3.63) is 53.9 Å². The highest BCUT2D eigenvalue weighted by atomic mass is 19.1. The van der Waals surface area contributed by atoms with Crippen molar-refractivity contribution in [1.29, 1.82) is 5.26 Å². The lowest BCUT2D eigenvalue weighted by Gasteiger charge is -2.03. The molecule has 0 unspecified atom stereocenters. The van der Waals surface area contributed by atoms with Crippen LogP contribution in [0.1, 0.15) is 5.69 Å². The summed E-state index contributed by atoms with van der Waals surface area (Å²) in [4.78, 5) is 3.68. The van der Waals surface area contributed by atoms with Gasteiger partial charge in [-0.1, -0.05) is 12.1 Å². The Balaban J connectivity index is 2.40. The number of hydrogen-bond donors (Lipinski definition) is 0. The maximum Gasteiger partial charge on any atom is 0.221 e. The Morgan fingerprint density at radius 1 is 1.06 bits per heavy atom. The van der Waals surface area contributed by atoms with Crippen molar-refractivity contribution in [2.75, 3.05) is 0 Å². The topological polar surface area (TPSA) is 36.7 Å². The predicted octanol–water partition coefficient (Wildman–Crippen LogP) is 3.09. The van der Waals surface area contributed by atoms with Crippen LogP contribution in [0, 0.1) is 23.1 Å². The number of hydrogen-bond acceptors (Lipinski definition) is 2. The van der Waals surface area contributed by atoms with Gasteiger partial charge in [0.1, 0.15) is 5.82 Å². The third kappa shape index (κ3) is 2.45. The molecule has 2 rings (SSSR count). The highest BCUT2D eigenvalue weighted by Crippen LogP contribution is 2.22. The number of benzene rings is 1. The average molecular weight is 230 g/mol. The van der Waals surface area contributed by atoms with Gasteiger partial charge in [0, 0.05) is 5.56 Å². The molecule has 0 spiro atoms. The van der Waals surface area contributed by atoms with Crippen LogP contribution in [0.5, 0.6) is 0 Å². The van der Waals surface area contributed by atoms with Crippen molar-refractivity contribution < 1.29 is 8.78 Å². The zero-order valence-corrected chi connectivity index (χ0v) is 8.82. The fourth-order valence-electron chi connectivity index (χ4n) is 1.50. The Hall–Kier alpha value is -2.28. The zero-order valence-electron chi connectivity index (χ0n) is 8.82. The summed E-state index contributed by atoms with van der Waals surface area (Å²) in [5, 5.41) is 8.47. The van der Waals surface area contributed by atoms with Crippen molar-refractivity contribution in [2.24, 2.45) is 0 Å². The number of pyridine rings is 1. The smallest absolute Gasteiger partial charge is 0.221 e. The summed E-state index contributed by atoms with van der Waals surface area (Å²) in [6.45, 7) is 0. The van der Waals surface area contributed by atoms with Crippen LogP contribution in [0.25, 0.3) is 11.1 Å². The molecule has 2 aromatic rings. The average Bonchev–Trinajstić information content (AvgIpc) is 2.31. The first-order valence-corrected chi connectivity index (χ1v) is 4.99. The second-order valence-corrected chi connectivity index (χ2v) is 3.48. The molecule has 0 radical (unpaired) electrons. The molecule has 0 aliphatic heterocycles. The first-order valence-electron chi connectivity index (χ1n) is 4.99. The first kappa shape index (κ1) is 11.2. The number of halogens is 2. The van der Waals surface area contributed by atoms with Gasteiger partial charge in [0.25, 0.3) is 0 Å². The minimum Gasteiger partial charge on any atom is -0.223 e. The zero-order chi connectivity index (χ0) is 12.3. The van der Waals surface area contributed by atoms with Gasteiger partial charge in [0.2, 0.25) is 5.95 Å². The van der Waals surface area contributed by atoms with E-state index in [0.717, 1.165) is 0 Å². The van der Waals surface area contributed by atoms with Crippen LogP contribution in [-0.4, -0.2) is 4.98 Å². The molecule has 0 aliphatic carbocycles. The van der Waals surface area contributed by atoms with Crippen molar-refractivity contribution in [1.82, 2.24) is 4.98 Å². The first-order chi connectivity index (χ1) is 8.20. The molecule has 0 atom stereocenters. The van der Waals surface area contributed by atoms with Gasteiger partial charge in [0.05, 0.1) is 18.2 Å². The van der Waals surface area contributed by atoms with E-state index >= 15 is 0 Å². The predicted molar refractivity (Wildman–Crippen MR) is 58.9 cm³/mol. The third-order valence-electron chi connectivity index (χ3n) is 2.32. The van der Waals surface area contributed by atoms with Gasteiger partial charge in [0.15, 0.2) is 0 Å². The summed E-state index contributed by atoms with van der Waals surface area (Å²) < 4.78 is 26.4. The van der Waals surface area contributed by atoms with Crippen molar-refractivity contribution >= 4 is 0 Å². The van der Waals surface area contributed by atoms with Crippen molar-refractivity contribution in [2.45, 2.75) is 6.42 Å². The molecule has 1 heterocycles. The monoisotopic (exact) mass is 230 g/mol. The van der Waals surface area contributed by atoms with Gasteiger partial charge < -0.3 is 0 Å². The molecule has 0 N–H and O–H groups in total. The number of nitriles is 1. The molecule has 2 nitrogen and oxygen atoms in total. The van der Waals surface area contributed by atoms with Crippen molar-refractivity contribution in [3.8, 4) is 17.2 Å². The quantitative estimate of drug-likeness (QED) is 0.743. The van der Waals surface area contributed by atoms with E-state index in [-0.39, 0.29) is 12.2 Å². The van der Waals surface area contributed by atoms with E-state index in [4.69, 9.17) is 5.26 Å². The maximum absolute atomic E-state index is 13.6. The van der Waals surface area contributed by atoms with Crippen LogP contribution in [0.3, 0.4) is 0 Å². The van der Waals surface area contributed by atoms with Crippen LogP contribution in [0.2, 0.25) is 0 Å². The Labute approximate surface area is 97.2 Å². The molecule has 17 heavy (non-hydrogen) atoms. The molecule has 4 heteroatoms. The third-order valence-corrected chi connectivity index (χ3v) is 2.32. The van der Waals surface area contributed by atoms with E-state index in [1.807, 2.05) is 6.07 Å². The molecule has 1 aromatic carbocycles. The fraction of sp³-hybridized carbons (Fsp3) is 0.0769. The van der Waals surface area contributed by atoms with Gasteiger partial charge in [-0.3, -0.25) is 0 Å². The normalized spacial score (nSPS) is 9.94. The molecular formula is C13H8F2N2. The second kappa shape index (κ2) is 4.71.